The molecule has 0 aliphatic heterocycles. The molecule has 96 valence electrons. The van der Waals surface area contributed by atoms with Crippen molar-refractivity contribution in [1.29, 1.82) is 5.26 Å². The van der Waals surface area contributed by atoms with Gasteiger partial charge in [-0.05, 0) is 34.6 Å². The van der Waals surface area contributed by atoms with Gasteiger partial charge in [-0.3, -0.25) is 9.59 Å². The Hall–Kier alpha value is -1.57. The van der Waals surface area contributed by atoms with Gasteiger partial charge in [0, 0.05) is 6.04 Å². The topological polar surface area (TPSA) is 70.4 Å². The fraction of sp³-hybridized carbons (Fsp3) is 0.750. The molecule has 0 atom stereocenters. The maximum atomic E-state index is 12.1. The number of rotatable bonds is 5. The number of amides is 1. The summed E-state index contributed by atoms with van der Waals surface area (Å²) >= 11 is 0. The fourth-order valence-electron chi connectivity index (χ4n) is 1.24. The van der Waals surface area contributed by atoms with Crippen LogP contribution in [-0.4, -0.2) is 36.0 Å². The van der Waals surface area contributed by atoms with Crippen molar-refractivity contribution >= 4 is 11.9 Å². The zero-order chi connectivity index (χ0) is 13.6. The lowest BCUT2D eigenvalue weighted by molar-refractivity contribution is -0.152. The van der Waals surface area contributed by atoms with E-state index < -0.39 is 11.4 Å². The van der Waals surface area contributed by atoms with E-state index in [0.29, 0.717) is 0 Å². The molecule has 0 aromatic carbocycles. The molecule has 0 unspecified atom stereocenters. The number of carbonyl (C=O) groups excluding carboxylic acids is 2. The normalized spacial score (nSPS) is 10.9. The predicted octanol–water partition coefficient (Wildman–Crippen LogP) is 1.34. The molecule has 0 aromatic heterocycles. The van der Waals surface area contributed by atoms with Crippen molar-refractivity contribution in [3.63, 3.8) is 0 Å². The van der Waals surface area contributed by atoms with Crippen LogP contribution in [0.25, 0.3) is 0 Å². The summed E-state index contributed by atoms with van der Waals surface area (Å²) in [5.41, 5.74) is -1.13. The molecule has 0 saturated heterocycles. The first-order valence-electron chi connectivity index (χ1n) is 5.64. The average molecular weight is 240 g/mol. The zero-order valence-electron chi connectivity index (χ0n) is 11.1. The second-order valence-corrected chi connectivity index (χ2v) is 4.57. The number of nitrogens with zero attached hydrogens (tertiary/aromatic N) is 2. The summed E-state index contributed by atoms with van der Waals surface area (Å²) in [5.74, 6) is -0.814. The van der Waals surface area contributed by atoms with Crippen LogP contribution in [0, 0.1) is 16.7 Å². The first-order chi connectivity index (χ1) is 7.76. The zero-order valence-corrected chi connectivity index (χ0v) is 11.1. The van der Waals surface area contributed by atoms with Crippen LogP contribution < -0.4 is 0 Å². The van der Waals surface area contributed by atoms with E-state index in [0.717, 1.165) is 0 Å². The fourth-order valence-corrected chi connectivity index (χ4v) is 1.24. The highest BCUT2D eigenvalue weighted by Gasteiger charge is 2.34. The van der Waals surface area contributed by atoms with Gasteiger partial charge in [0.2, 0.25) is 5.91 Å². The van der Waals surface area contributed by atoms with Crippen LogP contribution in [0.3, 0.4) is 0 Å². The van der Waals surface area contributed by atoms with Crippen molar-refractivity contribution in [3.05, 3.63) is 0 Å². The second kappa shape index (κ2) is 6.24. The molecular formula is C12H20N2O3. The van der Waals surface area contributed by atoms with Crippen molar-refractivity contribution in [1.82, 2.24) is 4.90 Å². The number of hydrogen-bond donors (Lipinski definition) is 0. The molecule has 0 radical (unpaired) electrons. The van der Waals surface area contributed by atoms with Gasteiger partial charge in [-0.15, -0.1) is 0 Å². The summed E-state index contributed by atoms with van der Waals surface area (Å²) in [7, 11) is 0. The van der Waals surface area contributed by atoms with Gasteiger partial charge in [0.05, 0.1) is 12.7 Å². The standard InChI is InChI=1S/C12H20N2O3/c1-6-17-10(15)7-14(9(2)3)11(16)12(4,5)8-13/h9H,6-7H2,1-5H3. The van der Waals surface area contributed by atoms with Gasteiger partial charge in [0.15, 0.2) is 0 Å². The lowest BCUT2D eigenvalue weighted by Gasteiger charge is -2.30. The van der Waals surface area contributed by atoms with Crippen molar-refractivity contribution < 1.29 is 14.3 Å². The van der Waals surface area contributed by atoms with Crippen LogP contribution >= 0.6 is 0 Å². The summed E-state index contributed by atoms with van der Waals surface area (Å²) in [6.45, 7) is 8.54. The van der Waals surface area contributed by atoms with Crippen LogP contribution in [0.4, 0.5) is 0 Å². The van der Waals surface area contributed by atoms with Gasteiger partial charge in [-0.25, -0.2) is 0 Å². The van der Waals surface area contributed by atoms with E-state index in [9.17, 15) is 9.59 Å². The third-order valence-electron chi connectivity index (χ3n) is 2.30. The van der Waals surface area contributed by atoms with Gasteiger partial charge in [-0.2, -0.15) is 5.26 Å². The Morgan fingerprint density at radius 2 is 1.94 bits per heavy atom. The van der Waals surface area contributed by atoms with Crippen LogP contribution in [0.2, 0.25) is 0 Å². The Balaban J connectivity index is 4.83. The molecule has 0 spiro atoms. The van der Waals surface area contributed by atoms with E-state index >= 15 is 0 Å². The SMILES string of the molecule is CCOC(=O)CN(C(=O)C(C)(C)C#N)C(C)C. The molecule has 0 N–H and O–H groups in total. The highest BCUT2D eigenvalue weighted by molar-refractivity contribution is 5.88. The van der Waals surface area contributed by atoms with E-state index in [1.807, 2.05) is 6.07 Å². The Labute approximate surface area is 102 Å². The first-order valence-corrected chi connectivity index (χ1v) is 5.64. The molecule has 0 bridgehead atoms. The Kier molecular flexibility index (Phi) is 5.66. The minimum absolute atomic E-state index is 0.116. The summed E-state index contributed by atoms with van der Waals surface area (Å²) in [4.78, 5) is 24.8. The third kappa shape index (κ3) is 4.43. The van der Waals surface area contributed by atoms with Gasteiger partial charge in [-0.1, -0.05) is 0 Å². The maximum Gasteiger partial charge on any atom is 0.325 e. The molecule has 0 heterocycles. The molecule has 0 aromatic rings. The van der Waals surface area contributed by atoms with E-state index in [1.165, 1.54) is 18.7 Å². The minimum Gasteiger partial charge on any atom is -0.465 e. The Morgan fingerprint density at radius 3 is 2.29 bits per heavy atom. The van der Waals surface area contributed by atoms with E-state index in [4.69, 9.17) is 10.00 Å². The van der Waals surface area contributed by atoms with Crippen molar-refractivity contribution in [2.45, 2.75) is 40.7 Å². The molecular weight excluding hydrogens is 220 g/mol. The van der Waals surface area contributed by atoms with Gasteiger partial charge in [0.25, 0.3) is 0 Å². The van der Waals surface area contributed by atoms with Crippen molar-refractivity contribution in [3.8, 4) is 6.07 Å². The molecule has 0 aliphatic carbocycles. The molecule has 5 nitrogen and oxygen atoms in total. The Morgan fingerprint density at radius 1 is 1.41 bits per heavy atom. The van der Waals surface area contributed by atoms with Gasteiger partial charge < -0.3 is 9.64 Å². The molecule has 0 rings (SSSR count). The van der Waals surface area contributed by atoms with Gasteiger partial charge in [0.1, 0.15) is 12.0 Å². The summed E-state index contributed by atoms with van der Waals surface area (Å²) in [5, 5.41) is 8.92. The minimum atomic E-state index is -1.13. The summed E-state index contributed by atoms with van der Waals surface area (Å²) in [6.07, 6.45) is 0. The number of nitriles is 1. The van der Waals surface area contributed by atoms with E-state index in [1.54, 1.807) is 20.8 Å². The van der Waals surface area contributed by atoms with Crippen molar-refractivity contribution in [2.75, 3.05) is 13.2 Å². The molecule has 1 amide bonds. The number of esters is 1. The third-order valence-corrected chi connectivity index (χ3v) is 2.30. The van der Waals surface area contributed by atoms with Gasteiger partial charge >= 0.3 is 5.97 Å². The highest BCUT2D eigenvalue weighted by atomic mass is 16.5. The summed E-state index contributed by atoms with van der Waals surface area (Å²) < 4.78 is 4.80. The lowest BCUT2D eigenvalue weighted by atomic mass is 9.93. The van der Waals surface area contributed by atoms with Crippen molar-refractivity contribution in [2.24, 2.45) is 5.41 Å². The largest absolute Gasteiger partial charge is 0.465 e. The molecule has 0 fully saturated rings. The molecule has 5 heteroatoms. The van der Waals surface area contributed by atoms with Crippen LogP contribution in [0.15, 0.2) is 0 Å². The Bertz CT molecular complexity index is 329. The molecule has 0 aliphatic rings. The van der Waals surface area contributed by atoms with E-state index in [2.05, 4.69) is 0 Å². The quantitative estimate of drug-likeness (QED) is 0.680. The lowest BCUT2D eigenvalue weighted by Crippen LogP contribution is -2.47. The van der Waals surface area contributed by atoms with Crippen LogP contribution in [0.1, 0.15) is 34.6 Å². The maximum absolute atomic E-state index is 12.1. The molecule has 17 heavy (non-hydrogen) atoms. The first kappa shape index (κ1) is 15.4. The molecule has 0 saturated carbocycles. The summed E-state index contributed by atoms with van der Waals surface area (Å²) in [6, 6.07) is 1.79. The van der Waals surface area contributed by atoms with Crippen LogP contribution in [0.5, 0.6) is 0 Å². The monoisotopic (exact) mass is 240 g/mol. The van der Waals surface area contributed by atoms with E-state index in [-0.39, 0.29) is 25.1 Å². The number of hydrogen-bond acceptors (Lipinski definition) is 4. The number of ether oxygens (including phenoxy) is 1. The highest BCUT2D eigenvalue weighted by Crippen LogP contribution is 2.19. The average Bonchev–Trinajstić information content (AvgIpc) is 2.25. The number of carbonyl (C=O) groups is 2. The smallest absolute Gasteiger partial charge is 0.325 e. The second-order valence-electron chi connectivity index (χ2n) is 4.57. The predicted molar refractivity (Wildman–Crippen MR) is 62.9 cm³/mol. The van der Waals surface area contributed by atoms with Crippen LogP contribution in [-0.2, 0) is 14.3 Å².